The summed E-state index contributed by atoms with van der Waals surface area (Å²) in [6.45, 7) is 0.893. The third kappa shape index (κ3) is 3.10. The summed E-state index contributed by atoms with van der Waals surface area (Å²) >= 11 is 7.26. The molecule has 2 aliphatic heterocycles. The first kappa shape index (κ1) is 18.1. The molecule has 0 saturated carbocycles. The van der Waals surface area contributed by atoms with Gasteiger partial charge in [0.2, 0.25) is 0 Å². The summed E-state index contributed by atoms with van der Waals surface area (Å²) in [6.07, 6.45) is 0.996. The van der Waals surface area contributed by atoms with E-state index in [4.69, 9.17) is 16.3 Å². The molecular formula is C16H16ClF3N4OS. The maximum atomic E-state index is 14.6. The monoisotopic (exact) mass is 404 g/mol. The van der Waals surface area contributed by atoms with Crippen molar-refractivity contribution in [1.82, 2.24) is 15.0 Å². The maximum absolute atomic E-state index is 14.6. The van der Waals surface area contributed by atoms with E-state index >= 15 is 0 Å². The minimum absolute atomic E-state index is 0.0371. The fourth-order valence-corrected chi connectivity index (χ4v) is 4.16. The summed E-state index contributed by atoms with van der Waals surface area (Å²) in [5.74, 6) is -2.81. The number of rotatable bonds is 2. The highest BCUT2D eigenvalue weighted by molar-refractivity contribution is 7.99. The maximum Gasteiger partial charge on any atom is 0.288 e. The lowest BCUT2D eigenvalue weighted by atomic mass is 10.1. The van der Waals surface area contributed by atoms with E-state index in [9.17, 15) is 13.2 Å². The van der Waals surface area contributed by atoms with Crippen molar-refractivity contribution in [2.24, 2.45) is 0 Å². The van der Waals surface area contributed by atoms with Crippen molar-refractivity contribution in [3.8, 4) is 0 Å². The smallest absolute Gasteiger partial charge is 0.288 e. The Balaban J connectivity index is 1.99. The lowest BCUT2D eigenvalue weighted by molar-refractivity contribution is -0.0574. The van der Waals surface area contributed by atoms with E-state index in [1.807, 2.05) is 6.92 Å². The molecule has 10 heteroatoms. The number of aryl methyl sites for hydroxylation is 1. The van der Waals surface area contributed by atoms with Gasteiger partial charge < -0.3 is 9.64 Å². The van der Waals surface area contributed by atoms with Crippen LogP contribution in [0.1, 0.15) is 19.0 Å². The number of aromatic nitrogens is 3. The predicted molar refractivity (Wildman–Crippen MR) is 93.9 cm³/mol. The molecule has 5 nitrogen and oxygen atoms in total. The molecule has 0 amide bonds. The average Bonchev–Trinajstić information content (AvgIpc) is 2.82. The van der Waals surface area contributed by atoms with Crippen LogP contribution in [0.25, 0.3) is 10.9 Å². The standard InChI is InChI=1S/C16H16ClF3N4OS/c1-2-26-15-22-12-10-9(21-13(17)11(12)18)4-3-8-5-25-7-16(19,20)6-24(8)14(10)23-15/h8H,2-7H2,1H3. The van der Waals surface area contributed by atoms with Crippen LogP contribution in [-0.2, 0) is 11.2 Å². The van der Waals surface area contributed by atoms with Crippen LogP contribution >= 0.6 is 23.4 Å². The zero-order valence-corrected chi connectivity index (χ0v) is 15.5. The number of pyridine rings is 1. The van der Waals surface area contributed by atoms with Crippen molar-refractivity contribution < 1.29 is 17.9 Å². The van der Waals surface area contributed by atoms with Crippen molar-refractivity contribution in [3.05, 3.63) is 16.7 Å². The number of fused-ring (bicyclic) bond motifs is 2. The Morgan fingerprint density at radius 3 is 2.92 bits per heavy atom. The van der Waals surface area contributed by atoms with Crippen LogP contribution in [0.3, 0.4) is 0 Å². The Morgan fingerprint density at radius 2 is 2.15 bits per heavy atom. The summed E-state index contributed by atoms with van der Waals surface area (Å²) in [5.41, 5.74) is 0.570. The fourth-order valence-electron chi connectivity index (χ4n) is 3.41. The van der Waals surface area contributed by atoms with Gasteiger partial charge in [-0.3, -0.25) is 0 Å². The van der Waals surface area contributed by atoms with Crippen LogP contribution < -0.4 is 4.90 Å². The van der Waals surface area contributed by atoms with E-state index in [0.717, 1.165) is 0 Å². The second kappa shape index (κ2) is 6.69. The number of alkyl halides is 2. The fraction of sp³-hybridized carbons (Fsp3) is 0.562. The van der Waals surface area contributed by atoms with Gasteiger partial charge in [0.25, 0.3) is 5.92 Å². The molecular weight excluding hydrogens is 389 g/mol. The van der Waals surface area contributed by atoms with E-state index < -0.39 is 24.9 Å². The van der Waals surface area contributed by atoms with E-state index in [0.29, 0.717) is 34.8 Å². The minimum Gasteiger partial charge on any atom is -0.373 e. The molecule has 1 unspecified atom stereocenters. The molecule has 140 valence electrons. The Kier molecular flexibility index (Phi) is 4.65. The van der Waals surface area contributed by atoms with Crippen molar-refractivity contribution in [2.45, 2.75) is 36.9 Å². The Bertz CT molecular complexity index is 869. The second-order valence-corrected chi connectivity index (χ2v) is 7.93. The molecule has 0 N–H and O–H groups in total. The molecule has 2 aromatic rings. The number of hydrogen-bond acceptors (Lipinski definition) is 6. The van der Waals surface area contributed by atoms with Gasteiger partial charge >= 0.3 is 0 Å². The van der Waals surface area contributed by atoms with Crippen LogP contribution in [0.15, 0.2) is 5.16 Å². The van der Waals surface area contributed by atoms with Crippen molar-refractivity contribution >= 4 is 40.1 Å². The van der Waals surface area contributed by atoms with Crippen LogP contribution in [0.2, 0.25) is 5.15 Å². The molecule has 1 atom stereocenters. The van der Waals surface area contributed by atoms with Gasteiger partial charge in [-0.25, -0.2) is 28.1 Å². The predicted octanol–water partition coefficient (Wildman–Crippen LogP) is 3.72. The summed E-state index contributed by atoms with van der Waals surface area (Å²) < 4.78 is 48.2. The molecule has 1 saturated heterocycles. The molecule has 2 aliphatic rings. The summed E-state index contributed by atoms with van der Waals surface area (Å²) in [4.78, 5) is 14.4. The molecule has 0 spiro atoms. The van der Waals surface area contributed by atoms with Gasteiger partial charge in [0.05, 0.1) is 30.3 Å². The van der Waals surface area contributed by atoms with Gasteiger partial charge in [0.1, 0.15) is 17.9 Å². The number of thioether (sulfide) groups is 1. The lowest BCUT2D eigenvalue weighted by Gasteiger charge is -2.30. The first-order valence-electron chi connectivity index (χ1n) is 8.30. The summed E-state index contributed by atoms with van der Waals surface area (Å²) in [7, 11) is 0. The quantitative estimate of drug-likeness (QED) is 0.432. The number of ether oxygens (including phenoxy) is 1. The van der Waals surface area contributed by atoms with Crippen molar-refractivity contribution in [1.29, 1.82) is 0 Å². The van der Waals surface area contributed by atoms with Gasteiger partial charge in [-0.1, -0.05) is 30.3 Å². The molecule has 1 fully saturated rings. The zero-order chi connectivity index (χ0) is 18.5. The molecule has 4 rings (SSSR count). The third-order valence-electron chi connectivity index (χ3n) is 4.51. The van der Waals surface area contributed by atoms with Crippen LogP contribution in [0.5, 0.6) is 0 Å². The normalized spacial score (nSPS) is 22.0. The zero-order valence-electron chi connectivity index (χ0n) is 13.9. The molecule has 4 heterocycles. The van der Waals surface area contributed by atoms with E-state index in [-0.39, 0.29) is 29.1 Å². The van der Waals surface area contributed by atoms with Gasteiger partial charge in [-0.2, -0.15) is 0 Å². The lowest BCUT2D eigenvalue weighted by Crippen LogP contribution is -2.43. The molecule has 0 bridgehead atoms. The molecule has 2 aromatic heterocycles. The molecule has 26 heavy (non-hydrogen) atoms. The molecule has 0 aliphatic carbocycles. The molecule has 0 aromatic carbocycles. The van der Waals surface area contributed by atoms with E-state index in [2.05, 4.69) is 15.0 Å². The van der Waals surface area contributed by atoms with Gasteiger partial charge in [-0.05, 0) is 18.6 Å². The average molecular weight is 405 g/mol. The Morgan fingerprint density at radius 1 is 1.35 bits per heavy atom. The summed E-state index contributed by atoms with van der Waals surface area (Å²) in [5, 5.41) is 0.437. The second-order valence-electron chi connectivity index (χ2n) is 6.34. The molecule has 0 radical (unpaired) electrons. The van der Waals surface area contributed by atoms with E-state index in [1.165, 1.54) is 16.7 Å². The SMILES string of the molecule is CCSc1nc2c3c(nc(Cl)c(F)c3n1)CCC1COCC(F)(F)CN21. The topological polar surface area (TPSA) is 51.1 Å². The van der Waals surface area contributed by atoms with Crippen LogP contribution in [0.4, 0.5) is 19.0 Å². The number of nitrogens with zero attached hydrogens (tertiary/aromatic N) is 4. The van der Waals surface area contributed by atoms with E-state index in [1.54, 1.807) is 0 Å². The van der Waals surface area contributed by atoms with Crippen LogP contribution in [-0.4, -0.2) is 52.4 Å². The van der Waals surface area contributed by atoms with Crippen molar-refractivity contribution in [2.75, 3.05) is 30.4 Å². The first-order valence-corrected chi connectivity index (χ1v) is 9.66. The summed E-state index contributed by atoms with van der Waals surface area (Å²) in [6, 6.07) is -0.294. The number of halogens is 4. The number of anilines is 1. The third-order valence-corrected chi connectivity index (χ3v) is 5.49. The van der Waals surface area contributed by atoms with Gasteiger partial charge in [0, 0.05) is 0 Å². The van der Waals surface area contributed by atoms with Gasteiger partial charge in [0.15, 0.2) is 16.1 Å². The number of hydrogen-bond donors (Lipinski definition) is 0. The highest BCUT2D eigenvalue weighted by atomic mass is 35.5. The largest absolute Gasteiger partial charge is 0.373 e. The van der Waals surface area contributed by atoms with Gasteiger partial charge in [-0.15, -0.1) is 0 Å². The highest BCUT2D eigenvalue weighted by Gasteiger charge is 2.41. The Hall–Kier alpha value is -1.32. The van der Waals surface area contributed by atoms with Crippen molar-refractivity contribution in [3.63, 3.8) is 0 Å². The first-order chi connectivity index (χ1) is 12.4. The van der Waals surface area contributed by atoms with Crippen LogP contribution in [0, 0.1) is 5.82 Å². The minimum atomic E-state index is -3.02. The highest BCUT2D eigenvalue weighted by Crippen LogP contribution is 2.39. The Labute approximate surface area is 157 Å².